The molecule has 2 atom stereocenters. The molecule has 0 radical (unpaired) electrons. The number of halogens is 1. The van der Waals surface area contributed by atoms with Gasteiger partial charge in [0.05, 0.1) is 11.6 Å². The van der Waals surface area contributed by atoms with Crippen molar-refractivity contribution in [1.29, 1.82) is 5.26 Å². The monoisotopic (exact) mass is 246 g/mol. The zero-order valence-electron chi connectivity index (χ0n) is 10.7. The number of hydrogen-bond donors (Lipinski definition) is 1. The van der Waals surface area contributed by atoms with Crippen molar-refractivity contribution in [1.82, 2.24) is 0 Å². The molecule has 3 heteroatoms. The molecule has 0 bridgehead atoms. The van der Waals surface area contributed by atoms with E-state index in [1.165, 1.54) is 31.4 Å². The van der Waals surface area contributed by atoms with E-state index in [-0.39, 0.29) is 5.82 Å². The van der Waals surface area contributed by atoms with Crippen LogP contribution in [-0.2, 0) is 0 Å². The predicted molar refractivity (Wildman–Crippen MR) is 70.8 cm³/mol. The second-order valence-electron chi connectivity index (χ2n) is 5.30. The lowest BCUT2D eigenvalue weighted by Crippen LogP contribution is -2.18. The lowest BCUT2D eigenvalue weighted by Gasteiger charge is -2.18. The summed E-state index contributed by atoms with van der Waals surface area (Å²) >= 11 is 0. The van der Waals surface area contributed by atoms with Crippen molar-refractivity contribution in [2.24, 2.45) is 5.92 Å². The molecule has 96 valence electrons. The van der Waals surface area contributed by atoms with Crippen LogP contribution in [0, 0.1) is 23.1 Å². The highest BCUT2D eigenvalue weighted by molar-refractivity contribution is 5.50. The summed E-state index contributed by atoms with van der Waals surface area (Å²) < 4.78 is 13.3. The molecule has 2 unspecified atom stereocenters. The van der Waals surface area contributed by atoms with E-state index in [0.29, 0.717) is 11.6 Å². The van der Waals surface area contributed by atoms with Gasteiger partial charge in [0.25, 0.3) is 0 Å². The summed E-state index contributed by atoms with van der Waals surface area (Å²) in [4.78, 5) is 0. The number of rotatable bonds is 2. The molecular formula is C15H19FN2. The van der Waals surface area contributed by atoms with Gasteiger partial charge in [-0.1, -0.05) is 19.8 Å². The van der Waals surface area contributed by atoms with Crippen molar-refractivity contribution in [3.05, 3.63) is 29.6 Å². The summed E-state index contributed by atoms with van der Waals surface area (Å²) in [5.74, 6) is 0.442. The second kappa shape index (κ2) is 5.86. The first-order valence-electron chi connectivity index (χ1n) is 6.64. The molecule has 0 aliphatic heterocycles. The molecule has 1 aliphatic carbocycles. The summed E-state index contributed by atoms with van der Waals surface area (Å²) in [7, 11) is 0. The molecule has 1 saturated carbocycles. The highest BCUT2D eigenvalue weighted by Crippen LogP contribution is 2.25. The van der Waals surface area contributed by atoms with Crippen LogP contribution in [-0.4, -0.2) is 6.04 Å². The fraction of sp³-hybridized carbons (Fsp3) is 0.533. The smallest absolute Gasteiger partial charge is 0.126 e. The lowest BCUT2D eigenvalue weighted by molar-refractivity contribution is 0.502. The lowest BCUT2D eigenvalue weighted by atomic mass is 10.0. The van der Waals surface area contributed by atoms with Crippen LogP contribution in [0.5, 0.6) is 0 Å². The molecule has 0 spiro atoms. The molecule has 1 fully saturated rings. The van der Waals surface area contributed by atoms with Gasteiger partial charge in [0.1, 0.15) is 5.82 Å². The third-order valence-corrected chi connectivity index (χ3v) is 3.66. The van der Waals surface area contributed by atoms with Gasteiger partial charge in [0.15, 0.2) is 0 Å². The fourth-order valence-corrected chi connectivity index (χ4v) is 2.60. The number of anilines is 1. The number of nitriles is 1. The summed E-state index contributed by atoms with van der Waals surface area (Å²) in [5.41, 5.74) is 1.10. The van der Waals surface area contributed by atoms with Crippen LogP contribution in [0.3, 0.4) is 0 Å². The minimum atomic E-state index is -0.349. The van der Waals surface area contributed by atoms with Gasteiger partial charge in [-0.2, -0.15) is 5.26 Å². The summed E-state index contributed by atoms with van der Waals surface area (Å²) in [6.45, 7) is 2.29. The topological polar surface area (TPSA) is 35.8 Å². The first-order valence-corrected chi connectivity index (χ1v) is 6.64. The zero-order valence-corrected chi connectivity index (χ0v) is 10.7. The third kappa shape index (κ3) is 3.46. The molecular weight excluding hydrogens is 227 g/mol. The van der Waals surface area contributed by atoms with Gasteiger partial charge >= 0.3 is 0 Å². The minimum Gasteiger partial charge on any atom is -0.382 e. The van der Waals surface area contributed by atoms with Crippen molar-refractivity contribution in [3.8, 4) is 6.07 Å². The number of nitrogens with zero attached hydrogens (tertiary/aromatic N) is 1. The Kier molecular flexibility index (Phi) is 4.19. The zero-order chi connectivity index (χ0) is 13.0. The quantitative estimate of drug-likeness (QED) is 0.798. The Balaban J connectivity index is 2.04. The van der Waals surface area contributed by atoms with Crippen molar-refractivity contribution >= 4 is 5.69 Å². The fourth-order valence-electron chi connectivity index (χ4n) is 2.60. The average molecular weight is 246 g/mol. The first-order chi connectivity index (χ1) is 8.67. The second-order valence-corrected chi connectivity index (χ2v) is 5.30. The van der Waals surface area contributed by atoms with Crippen LogP contribution in [0.25, 0.3) is 0 Å². The number of benzene rings is 1. The number of nitrogens with one attached hydrogen (secondary N) is 1. The highest BCUT2D eigenvalue weighted by Gasteiger charge is 2.16. The van der Waals surface area contributed by atoms with Gasteiger partial charge in [0.2, 0.25) is 0 Å². The van der Waals surface area contributed by atoms with Crippen molar-refractivity contribution < 1.29 is 4.39 Å². The van der Waals surface area contributed by atoms with Crippen LogP contribution in [0.2, 0.25) is 0 Å². The molecule has 0 aromatic heterocycles. The van der Waals surface area contributed by atoms with Crippen LogP contribution in [0.4, 0.5) is 10.1 Å². The molecule has 0 amide bonds. The Morgan fingerprint density at radius 3 is 2.83 bits per heavy atom. The molecule has 18 heavy (non-hydrogen) atoms. The van der Waals surface area contributed by atoms with E-state index in [1.54, 1.807) is 6.07 Å². The van der Waals surface area contributed by atoms with Gasteiger partial charge in [-0.15, -0.1) is 0 Å². The van der Waals surface area contributed by atoms with E-state index >= 15 is 0 Å². The molecule has 1 aliphatic rings. The van der Waals surface area contributed by atoms with Crippen molar-refractivity contribution in [2.75, 3.05) is 5.32 Å². The Bertz CT molecular complexity index is 450. The third-order valence-electron chi connectivity index (χ3n) is 3.66. The van der Waals surface area contributed by atoms with Crippen LogP contribution in [0.1, 0.15) is 44.6 Å². The van der Waals surface area contributed by atoms with E-state index in [0.717, 1.165) is 24.4 Å². The molecule has 1 aromatic rings. The predicted octanol–water partition coefficient (Wildman–Crippen LogP) is 4.08. The van der Waals surface area contributed by atoms with Gasteiger partial charge in [-0.3, -0.25) is 0 Å². The Hall–Kier alpha value is -1.56. The Labute approximate surface area is 108 Å². The van der Waals surface area contributed by atoms with Gasteiger partial charge in [-0.25, -0.2) is 4.39 Å². The molecule has 0 saturated heterocycles. The SMILES string of the molecule is CC1CCCC(Nc2cc(F)cc(C#N)c2)CC1. The van der Waals surface area contributed by atoms with Crippen molar-refractivity contribution in [2.45, 2.75) is 45.1 Å². The van der Waals surface area contributed by atoms with E-state index in [1.807, 2.05) is 6.07 Å². The maximum absolute atomic E-state index is 13.3. The van der Waals surface area contributed by atoms with E-state index in [9.17, 15) is 4.39 Å². The molecule has 1 aromatic carbocycles. The normalized spacial score (nSPS) is 24.1. The molecule has 1 N–H and O–H groups in total. The van der Waals surface area contributed by atoms with Gasteiger partial charge < -0.3 is 5.32 Å². The summed E-state index contributed by atoms with van der Waals surface area (Å²) in [6, 6.07) is 6.84. The minimum absolute atomic E-state index is 0.349. The van der Waals surface area contributed by atoms with E-state index < -0.39 is 0 Å². The van der Waals surface area contributed by atoms with Gasteiger partial charge in [0, 0.05) is 11.7 Å². The summed E-state index contributed by atoms with van der Waals surface area (Å²) in [6.07, 6.45) is 5.98. The maximum Gasteiger partial charge on any atom is 0.126 e. The largest absolute Gasteiger partial charge is 0.382 e. The standard InChI is InChI=1S/C15H19FN2/c1-11-3-2-4-14(6-5-11)18-15-8-12(10-17)7-13(16)9-15/h7-9,11,14,18H,2-6H2,1H3. The van der Waals surface area contributed by atoms with E-state index in [2.05, 4.69) is 12.2 Å². The average Bonchev–Trinajstić information content (AvgIpc) is 2.54. The van der Waals surface area contributed by atoms with E-state index in [4.69, 9.17) is 5.26 Å². The van der Waals surface area contributed by atoms with Crippen LogP contribution < -0.4 is 5.32 Å². The highest BCUT2D eigenvalue weighted by atomic mass is 19.1. The maximum atomic E-state index is 13.3. The summed E-state index contributed by atoms with van der Waals surface area (Å²) in [5, 5.41) is 12.2. The Morgan fingerprint density at radius 2 is 2.06 bits per heavy atom. The van der Waals surface area contributed by atoms with Crippen molar-refractivity contribution in [3.63, 3.8) is 0 Å². The first kappa shape index (κ1) is 12.9. The molecule has 0 heterocycles. The number of hydrogen-bond acceptors (Lipinski definition) is 2. The molecule has 2 rings (SSSR count). The Morgan fingerprint density at radius 1 is 1.22 bits per heavy atom. The van der Waals surface area contributed by atoms with Crippen LogP contribution in [0.15, 0.2) is 18.2 Å². The molecule has 2 nitrogen and oxygen atoms in total. The van der Waals surface area contributed by atoms with Gasteiger partial charge in [-0.05, 0) is 43.4 Å². The van der Waals surface area contributed by atoms with Crippen LogP contribution >= 0.6 is 0 Å².